The van der Waals surface area contributed by atoms with E-state index in [1.54, 1.807) is 24.3 Å². The first-order valence-corrected chi connectivity index (χ1v) is 11.3. The fourth-order valence-corrected chi connectivity index (χ4v) is 4.37. The van der Waals surface area contributed by atoms with E-state index in [-0.39, 0.29) is 12.3 Å². The molecule has 0 aliphatic heterocycles. The summed E-state index contributed by atoms with van der Waals surface area (Å²) in [5.41, 5.74) is 2.81. The minimum Gasteiger partial charge on any atom is -0.484 e. The van der Waals surface area contributed by atoms with Gasteiger partial charge in [0.2, 0.25) is 0 Å². The molecule has 1 heterocycles. The number of esters is 1. The van der Waals surface area contributed by atoms with E-state index in [0.717, 1.165) is 10.1 Å². The number of hydrogen-bond acceptors (Lipinski definition) is 8. The highest BCUT2D eigenvalue weighted by molar-refractivity contribution is 7.21. The molecule has 0 aliphatic rings. The topological polar surface area (TPSA) is 120 Å². The van der Waals surface area contributed by atoms with Crippen LogP contribution in [0, 0.1) is 10.1 Å². The molecule has 0 radical (unpaired) electrons. The quantitative estimate of drug-likeness (QED) is 0.114. The molecular formula is C24H16ClN3O6S. The van der Waals surface area contributed by atoms with Gasteiger partial charge in [0.1, 0.15) is 16.4 Å². The molecule has 176 valence electrons. The lowest BCUT2D eigenvalue weighted by Crippen LogP contribution is -2.24. The van der Waals surface area contributed by atoms with Crippen molar-refractivity contribution in [3.05, 3.63) is 98.4 Å². The predicted octanol–water partition coefficient (Wildman–Crippen LogP) is 5.21. The van der Waals surface area contributed by atoms with Crippen molar-refractivity contribution in [2.45, 2.75) is 0 Å². The summed E-state index contributed by atoms with van der Waals surface area (Å²) in [4.78, 5) is 35.0. The Morgan fingerprint density at radius 1 is 1.06 bits per heavy atom. The van der Waals surface area contributed by atoms with Crippen molar-refractivity contribution in [1.82, 2.24) is 5.43 Å². The zero-order valence-corrected chi connectivity index (χ0v) is 19.4. The van der Waals surface area contributed by atoms with Crippen molar-refractivity contribution in [3.8, 4) is 11.5 Å². The molecule has 0 bridgehead atoms. The van der Waals surface area contributed by atoms with Gasteiger partial charge in [-0.25, -0.2) is 10.2 Å². The highest BCUT2D eigenvalue weighted by Gasteiger charge is 2.19. The van der Waals surface area contributed by atoms with Crippen LogP contribution in [0.3, 0.4) is 0 Å². The van der Waals surface area contributed by atoms with E-state index in [2.05, 4.69) is 10.5 Å². The van der Waals surface area contributed by atoms with Crippen LogP contribution in [-0.2, 0) is 4.79 Å². The van der Waals surface area contributed by atoms with E-state index in [1.807, 2.05) is 24.3 Å². The molecule has 0 saturated heterocycles. The Morgan fingerprint density at radius 3 is 2.57 bits per heavy atom. The lowest BCUT2D eigenvalue weighted by molar-refractivity contribution is -0.384. The van der Waals surface area contributed by atoms with Crippen LogP contribution in [0.4, 0.5) is 5.69 Å². The zero-order valence-electron chi connectivity index (χ0n) is 17.8. The van der Waals surface area contributed by atoms with E-state index in [1.165, 1.54) is 41.8 Å². The number of fused-ring (bicyclic) bond motifs is 1. The minimum atomic E-state index is -0.568. The summed E-state index contributed by atoms with van der Waals surface area (Å²) in [7, 11) is 0. The number of hydrazone groups is 1. The molecule has 3 aromatic carbocycles. The molecule has 9 nitrogen and oxygen atoms in total. The number of nitrogens with one attached hydrogen (secondary N) is 1. The molecular weight excluding hydrogens is 494 g/mol. The van der Waals surface area contributed by atoms with Crippen molar-refractivity contribution in [2.24, 2.45) is 5.10 Å². The first-order chi connectivity index (χ1) is 16.9. The Kier molecular flexibility index (Phi) is 7.34. The average Bonchev–Trinajstić information content (AvgIpc) is 3.20. The Balaban J connectivity index is 1.31. The molecule has 1 amide bonds. The summed E-state index contributed by atoms with van der Waals surface area (Å²) >= 11 is 7.60. The third-order valence-corrected chi connectivity index (χ3v) is 6.26. The van der Waals surface area contributed by atoms with Crippen LogP contribution < -0.4 is 14.9 Å². The number of non-ortho nitro benzene ring substituents is 1. The molecule has 1 N–H and O–H groups in total. The summed E-state index contributed by atoms with van der Waals surface area (Å²) < 4.78 is 11.6. The van der Waals surface area contributed by atoms with Crippen LogP contribution in [0.2, 0.25) is 5.02 Å². The van der Waals surface area contributed by atoms with E-state index in [4.69, 9.17) is 21.1 Å². The van der Waals surface area contributed by atoms with Crippen molar-refractivity contribution >= 4 is 56.8 Å². The number of hydrogen-bond donors (Lipinski definition) is 1. The Labute approximate surface area is 207 Å². The first kappa shape index (κ1) is 23.9. The van der Waals surface area contributed by atoms with Crippen molar-refractivity contribution in [1.29, 1.82) is 0 Å². The number of thiophene rings is 1. The number of rotatable bonds is 8. The second-order valence-electron chi connectivity index (χ2n) is 7.04. The number of ether oxygens (including phenoxy) is 2. The molecule has 4 aromatic rings. The monoisotopic (exact) mass is 509 g/mol. The van der Waals surface area contributed by atoms with Crippen molar-refractivity contribution in [2.75, 3.05) is 6.61 Å². The van der Waals surface area contributed by atoms with Gasteiger partial charge in [0.15, 0.2) is 6.61 Å². The second-order valence-corrected chi connectivity index (χ2v) is 8.47. The van der Waals surface area contributed by atoms with Gasteiger partial charge in [-0.1, -0.05) is 41.9 Å². The SMILES string of the molecule is O=C(COc1ccc([N+](=O)[O-])cc1)N/N=C\c1cccc(OC(=O)c2sc3ccccc3c2Cl)c1. The summed E-state index contributed by atoms with van der Waals surface area (Å²) in [6.07, 6.45) is 1.38. The third-order valence-electron chi connectivity index (χ3n) is 4.61. The molecule has 4 rings (SSSR count). The van der Waals surface area contributed by atoms with Crippen LogP contribution in [0.5, 0.6) is 11.5 Å². The normalized spacial score (nSPS) is 10.9. The van der Waals surface area contributed by atoms with Crippen LogP contribution in [0.25, 0.3) is 10.1 Å². The average molecular weight is 510 g/mol. The molecule has 1 aromatic heterocycles. The first-order valence-electron chi connectivity index (χ1n) is 10.1. The van der Waals surface area contributed by atoms with Crippen molar-refractivity contribution in [3.63, 3.8) is 0 Å². The fourth-order valence-electron chi connectivity index (χ4n) is 2.98. The molecule has 0 spiro atoms. The van der Waals surface area contributed by atoms with Gasteiger partial charge in [0.25, 0.3) is 11.6 Å². The summed E-state index contributed by atoms with van der Waals surface area (Å²) in [5, 5.41) is 15.7. The molecule has 0 aliphatic carbocycles. The maximum atomic E-state index is 12.6. The van der Waals surface area contributed by atoms with Crippen LogP contribution in [0.1, 0.15) is 15.2 Å². The number of carbonyl (C=O) groups excluding carboxylic acids is 2. The summed E-state index contributed by atoms with van der Waals surface area (Å²) in [5.74, 6) is -0.494. The van der Waals surface area contributed by atoms with E-state index >= 15 is 0 Å². The van der Waals surface area contributed by atoms with E-state index in [9.17, 15) is 19.7 Å². The molecule has 0 atom stereocenters. The van der Waals surface area contributed by atoms with Crippen LogP contribution in [0.15, 0.2) is 77.9 Å². The highest BCUT2D eigenvalue weighted by atomic mass is 35.5. The smallest absolute Gasteiger partial charge is 0.355 e. The number of amides is 1. The number of nitrogens with zero attached hydrogens (tertiary/aromatic N) is 2. The number of carbonyl (C=O) groups is 2. The van der Waals surface area contributed by atoms with Gasteiger partial charge in [0.05, 0.1) is 16.2 Å². The van der Waals surface area contributed by atoms with E-state index in [0.29, 0.717) is 27.0 Å². The molecule has 11 heteroatoms. The Hall–Kier alpha value is -4.28. The molecule has 0 unspecified atom stereocenters. The van der Waals surface area contributed by atoms with Gasteiger partial charge in [-0.2, -0.15) is 5.10 Å². The summed E-state index contributed by atoms with van der Waals surface area (Å²) in [6.45, 7) is -0.331. The van der Waals surface area contributed by atoms with Crippen LogP contribution >= 0.6 is 22.9 Å². The number of nitro benzene ring substituents is 1. The van der Waals surface area contributed by atoms with Gasteiger partial charge in [-0.3, -0.25) is 14.9 Å². The fraction of sp³-hybridized carbons (Fsp3) is 0.0417. The lowest BCUT2D eigenvalue weighted by atomic mass is 10.2. The van der Waals surface area contributed by atoms with Gasteiger partial charge < -0.3 is 9.47 Å². The molecule has 35 heavy (non-hydrogen) atoms. The molecule has 0 fully saturated rings. The minimum absolute atomic E-state index is 0.0776. The Bertz CT molecular complexity index is 1430. The third kappa shape index (κ3) is 5.99. The molecule has 0 saturated carbocycles. The van der Waals surface area contributed by atoms with Gasteiger partial charge in [0, 0.05) is 22.2 Å². The second kappa shape index (κ2) is 10.8. The Morgan fingerprint density at radius 2 is 1.83 bits per heavy atom. The maximum absolute atomic E-state index is 12.6. The predicted molar refractivity (Wildman–Crippen MR) is 133 cm³/mol. The maximum Gasteiger partial charge on any atom is 0.355 e. The number of nitro groups is 1. The highest BCUT2D eigenvalue weighted by Crippen LogP contribution is 2.35. The van der Waals surface area contributed by atoms with E-state index < -0.39 is 16.8 Å². The zero-order chi connectivity index (χ0) is 24.8. The number of benzene rings is 3. The summed E-state index contributed by atoms with van der Waals surface area (Å²) in [6, 6.07) is 19.4. The standard InChI is InChI=1S/C24H16ClN3O6S/c25-22-19-6-1-2-7-20(19)35-23(22)24(30)34-18-5-3-4-15(12-18)13-26-27-21(29)14-33-17-10-8-16(9-11-17)28(31)32/h1-13H,14H2,(H,27,29)/b26-13-. The number of halogens is 1. The van der Waals surface area contributed by atoms with Crippen LogP contribution in [-0.4, -0.2) is 29.6 Å². The van der Waals surface area contributed by atoms with Gasteiger partial charge in [-0.05, 0) is 35.9 Å². The van der Waals surface area contributed by atoms with Gasteiger partial charge >= 0.3 is 5.97 Å². The van der Waals surface area contributed by atoms with Crippen molar-refractivity contribution < 1.29 is 24.0 Å². The largest absolute Gasteiger partial charge is 0.484 e. The lowest BCUT2D eigenvalue weighted by Gasteiger charge is -2.05. The van der Waals surface area contributed by atoms with Gasteiger partial charge in [-0.15, -0.1) is 11.3 Å².